The summed E-state index contributed by atoms with van der Waals surface area (Å²) in [6, 6.07) is 10.9. The van der Waals surface area contributed by atoms with Gasteiger partial charge in [-0.3, -0.25) is 4.79 Å². The molecule has 4 heteroatoms. The van der Waals surface area contributed by atoms with E-state index in [1.54, 1.807) is 25.3 Å². The molecule has 0 radical (unpaired) electrons. The molecule has 0 spiro atoms. The molecule has 0 fully saturated rings. The molecule has 4 nitrogen and oxygen atoms in total. The van der Waals surface area contributed by atoms with Crippen LogP contribution in [0.15, 0.2) is 36.4 Å². The van der Waals surface area contributed by atoms with E-state index in [-0.39, 0.29) is 5.91 Å². The maximum atomic E-state index is 12.4. The number of aryl methyl sites for hydroxylation is 1. The summed E-state index contributed by atoms with van der Waals surface area (Å²) in [5.41, 5.74) is 3.46. The minimum absolute atomic E-state index is 0.205. The largest absolute Gasteiger partial charge is 0.497 e. The number of methoxy groups -OCH3 is 2. The Hall–Kier alpha value is -2.49. The molecule has 0 aliphatic rings. The Morgan fingerprint density at radius 1 is 1.05 bits per heavy atom. The lowest BCUT2D eigenvalue weighted by atomic mass is 10.1. The number of rotatable bonds is 4. The SMILES string of the molecule is COc1ccc(C(=O)Nc2cccc(C)c2C)c(OC)c1. The molecule has 0 aliphatic carbocycles. The average molecular weight is 285 g/mol. The number of anilines is 1. The van der Waals surface area contributed by atoms with Crippen LogP contribution in [0.1, 0.15) is 21.5 Å². The van der Waals surface area contributed by atoms with Gasteiger partial charge in [-0.15, -0.1) is 0 Å². The van der Waals surface area contributed by atoms with E-state index in [4.69, 9.17) is 9.47 Å². The standard InChI is InChI=1S/C17H19NO3/c1-11-6-5-7-15(12(11)2)18-17(19)14-9-8-13(20-3)10-16(14)21-4/h5-10H,1-4H3,(H,18,19). The molecule has 2 aromatic carbocycles. The molecule has 2 rings (SSSR count). The molecule has 0 aromatic heterocycles. The molecule has 2 aromatic rings. The molecule has 110 valence electrons. The maximum Gasteiger partial charge on any atom is 0.259 e. The molecule has 0 atom stereocenters. The van der Waals surface area contributed by atoms with Crippen LogP contribution < -0.4 is 14.8 Å². The molecule has 0 heterocycles. The van der Waals surface area contributed by atoms with Gasteiger partial charge in [0.05, 0.1) is 19.8 Å². The number of ether oxygens (including phenoxy) is 2. The zero-order valence-electron chi connectivity index (χ0n) is 12.7. The highest BCUT2D eigenvalue weighted by atomic mass is 16.5. The highest BCUT2D eigenvalue weighted by molar-refractivity contribution is 6.06. The third kappa shape index (κ3) is 3.16. The van der Waals surface area contributed by atoms with Crippen LogP contribution >= 0.6 is 0 Å². The first-order valence-corrected chi connectivity index (χ1v) is 6.66. The summed E-state index contributed by atoms with van der Waals surface area (Å²) in [5, 5.41) is 2.92. The minimum atomic E-state index is -0.205. The quantitative estimate of drug-likeness (QED) is 0.934. The summed E-state index contributed by atoms with van der Waals surface area (Å²) >= 11 is 0. The fourth-order valence-corrected chi connectivity index (χ4v) is 2.06. The van der Waals surface area contributed by atoms with Crippen molar-refractivity contribution >= 4 is 11.6 Å². The van der Waals surface area contributed by atoms with Crippen LogP contribution in [-0.4, -0.2) is 20.1 Å². The highest BCUT2D eigenvalue weighted by Crippen LogP contribution is 2.26. The maximum absolute atomic E-state index is 12.4. The van der Waals surface area contributed by atoms with Crippen LogP contribution in [0, 0.1) is 13.8 Å². The van der Waals surface area contributed by atoms with E-state index in [0.717, 1.165) is 16.8 Å². The van der Waals surface area contributed by atoms with Gasteiger partial charge in [0.15, 0.2) is 0 Å². The van der Waals surface area contributed by atoms with Crippen molar-refractivity contribution in [2.45, 2.75) is 13.8 Å². The van der Waals surface area contributed by atoms with Gasteiger partial charge in [0.25, 0.3) is 5.91 Å². The monoisotopic (exact) mass is 285 g/mol. The number of nitrogens with one attached hydrogen (secondary N) is 1. The first-order valence-electron chi connectivity index (χ1n) is 6.66. The second-order valence-corrected chi connectivity index (χ2v) is 4.77. The lowest BCUT2D eigenvalue weighted by Crippen LogP contribution is -2.14. The normalized spacial score (nSPS) is 10.1. The van der Waals surface area contributed by atoms with E-state index >= 15 is 0 Å². The van der Waals surface area contributed by atoms with E-state index in [2.05, 4.69) is 5.32 Å². The number of benzene rings is 2. The van der Waals surface area contributed by atoms with Crippen LogP contribution in [0.5, 0.6) is 11.5 Å². The van der Waals surface area contributed by atoms with E-state index in [9.17, 15) is 4.79 Å². The number of carbonyl (C=O) groups excluding carboxylic acids is 1. The summed E-state index contributed by atoms with van der Waals surface area (Å²) < 4.78 is 10.4. The van der Waals surface area contributed by atoms with Gasteiger partial charge >= 0.3 is 0 Å². The number of amides is 1. The van der Waals surface area contributed by atoms with Crippen molar-refractivity contribution in [2.24, 2.45) is 0 Å². The number of hydrogen-bond acceptors (Lipinski definition) is 3. The van der Waals surface area contributed by atoms with Crippen molar-refractivity contribution in [3.63, 3.8) is 0 Å². The summed E-state index contributed by atoms with van der Waals surface area (Å²) in [6.07, 6.45) is 0. The highest BCUT2D eigenvalue weighted by Gasteiger charge is 2.14. The van der Waals surface area contributed by atoms with Crippen molar-refractivity contribution in [2.75, 3.05) is 19.5 Å². The first kappa shape index (κ1) is 14.9. The van der Waals surface area contributed by atoms with E-state index < -0.39 is 0 Å². The van der Waals surface area contributed by atoms with E-state index in [1.165, 1.54) is 7.11 Å². The average Bonchev–Trinajstić information content (AvgIpc) is 2.51. The fraction of sp³-hybridized carbons (Fsp3) is 0.235. The van der Waals surface area contributed by atoms with Crippen LogP contribution in [0.4, 0.5) is 5.69 Å². The second-order valence-electron chi connectivity index (χ2n) is 4.77. The zero-order chi connectivity index (χ0) is 15.4. The Morgan fingerprint density at radius 3 is 2.48 bits per heavy atom. The van der Waals surface area contributed by atoms with Crippen molar-refractivity contribution in [3.05, 3.63) is 53.1 Å². The van der Waals surface area contributed by atoms with Gasteiger partial charge in [-0.25, -0.2) is 0 Å². The number of hydrogen-bond donors (Lipinski definition) is 1. The van der Waals surface area contributed by atoms with Crippen molar-refractivity contribution in [1.82, 2.24) is 0 Å². The molecule has 0 unspecified atom stereocenters. The lowest BCUT2D eigenvalue weighted by Gasteiger charge is -2.13. The molecular weight excluding hydrogens is 266 g/mol. The van der Waals surface area contributed by atoms with Crippen molar-refractivity contribution < 1.29 is 14.3 Å². The molecule has 21 heavy (non-hydrogen) atoms. The molecule has 0 saturated carbocycles. The topological polar surface area (TPSA) is 47.6 Å². The Labute approximate surface area is 124 Å². The first-order chi connectivity index (χ1) is 10.1. The Bertz CT molecular complexity index is 665. The smallest absolute Gasteiger partial charge is 0.259 e. The van der Waals surface area contributed by atoms with Gasteiger partial charge in [-0.1, -0.05) is 12.1 Å². The molecule has 0 saturated heterocycles. The van der Waals surface area contributed by atoms with Crippen LogP contribution in [0.3, 0.4) is 0 Å². The molecular formula is C17H19NO3. The third-order valence-corrected chi connectivity index (χ3v) is 3.51. The van der Waals surface area contributed by atoms with Gasteiger partial charge in [0.2, 0.25) is 0 Å². The van der Waals surface area contributed by atoms with Gasteiger partial charge in [0, 0.05) is 11.8 Å². The zero-order valence-corrected chi connectivity index (χ0v) is 12.7. The predicted molar refractivity (Wildman–Crippen MR) is 83.4 cm³/mol. The molecule has 1 N–H and O–H groups in total. The third-order valence-electron chi connectivity index (χ3n) is 3.51. The Kier molecular flexibility index (Phi) is 4.48. The second kappa shape index (κ2) is 6.31. The van der Waals surface area contributed by atoms with E-state index in [0.29, 0.717) is 17.1 Å². The van der Waals surface area contributed by atoms with Gasteiger partial charge in [-0.2, -0.15) is 0 Å². The minimum Gasteiger partial charge on any atom is -0.497 e. The Balaban J connectivity index is 2.30. The fourth-order valence-electron chi connectivity index (χ4n) is 2.06. The van der Waals surface area contributed by atoms with Gasteiger partial charge < -0.3 is 14.8 Å². The summed E-state index contributed by atoms with van der Waals surface area (Å²) in [7, 11) is 3.11. The molecule has 0 aliphatic heterocycles. The summed E-state index contributed by atoms with van der Waals surface area (Å²) in [5.74, 6) is 0.926. The Morgan fingerprint density at radius 2 is 1.81 bits per heavy atom. The van der Waals surface area contributed by atoms with Gasteiger partial charge in [0.1, 0.15) is 11.5 Å². The summed E-state index contributed by atoms with van der Waals surface area (Å²) in [4.78, 5) is 12.4. The van der Waals surface area contributed by atoms with Crippen LogP contribution in [-0.2, 0) is 0 Å². The number of carbonyl (C=O) groups is 1. The van der Waals surface area contributed by atoms with Crippen molar-refractivity contribution in [1.29, 1.82) is 0 Å². The lowest BCUT2D eigenvalue weighted by molar-refractivity contribution is 0.102. The molecule has 0 bridgehead atoms. The van der Waals surface area contributed by atoms with Crippen LogP contribution in [0.25, 0.3) is 0 Å². The predicted octanol–water partition coefficient (Wildman–Crippen LogP) is 3.57. The van der Waals surface area contributed by atoms with Crippen LogP contribution in [0.2, 0.25) is 0 Å². The van der Waals surface area contributed by atoms with Crippen molar-refractivity contribution in [3.8, 4) is 11.5 Å². The summed E-state index contributed by atoms with van der Waals surface area (Å²) in [6.45, 7) is 4.00. The molecule has 1 amide bonds. The van der Waals surface area contributed by atoms with Gasteiger partial charge in [-0.05, 0) is 43.2 Å². The van der Waals surface area contributed by atoms with E-state index in [1.807, 2.05) is 32.0 Å².